The molecule has 2 N–H and O–H groups in total. The Kier molecular flexibility index (Phi) is 3.75. The van der Waals surface area contributed by atoms with Crippen molar-refractivity contribution in [1.82, 2.24) is 0 Å². The molecule has 82 valence electrons. The second-order valence-electron chi connectivity index (χ2n) is 4.06. The molecule has 0 saturated carbocycles. The lowest BCUT2D eigenvalue weighted by atomic mass is 10.1. The molecule has 2 saturated heterocycles. The van der Waals surface area contributed by atoms with Gasteiger partial charge in [-0.05, 0) is 25.3 Å². The number of nitrogens with two attached hydrogens (primary N) is 1. The molecule has 0 aromatic carbocycles. The van der Waals surface area contributed by atoms with Crippen molar-refractivity contribution in [3.05, 3.63) is 0 Å². The second kappa shape index (κ2) is 5.07. The Morgan fingerprint density at radius 1 is 1.29 bits per heavy atom. The summed E-state index contributed by atoms with van der Waals surface area (Å²) in [6, 6.07) is 0. The summed E-state index contributed by atoms with van der Waals surface area (Å²) in [5, 5.41) is 0. The third kappa shape index (κ3) is 2.67. The fraction of sp³-hybridized carbons (Fsp3) is 1.00. The molecular formula is C10H19NO3. The summed E-state index contributed by atoms with van der Waals surface area (Å²) < 4.78 is 16.6. The highest BCUT2D eigenvalue weighted by Gasteiger charge is 2.29. The standard InChI is InChI=1S/C10H19NO3/c11-3-1-9-7-13-10(14-9)5-8-2-4-12-6-8/h8-10H,1-7,11H2. The summed E-state index contributed by atoms with van der Waals surface area (Å²) in [4.78, 5) is 0. The fourth-order valence-corrected chi connectivity index (χ4v) is 2.01. The quantitative estimate of drug-likeness (QED) is 0.719. The van der Waals surface area contributed by atoms with Gasteiger partial charge in [-0.2, -0.15) is 0 Å². The first-order valence-electron chi connectivity index (χ1n) is 5.43. The van der Waals surface area contributed by atoms with Gasteiger partial charge < -0.3 is 19.9 Å². The lowest BCUT2D eigenvalue weighted by molar-refractivity contribution is -0.0720. The molecule has 2 heterocycles. The van der Waals surface area contributed by atoms with Crippen LogP contribution >= 0.6 is 0 Å². The zero-order valence-electron chi connectivity index (χ0n) is 8.48. The van der Waals surface area contributed by atoms with E-state index < -0.39 is 0 Å². The maximum absolute atomic E-state index is 5.71. The average molecular weight is 201 g/mol. The first kappa shape index (κ1) is 10.4. The highest BCUT2D eigenvalue weighted by molar-refractivity contribution is 4.71. The van der Waals surface area contributed by atoms with Crippen molar-refractivity contribution in [2.45, 2.75) is 31.7 Å². The van der Waals surface area contributed by atoms with Crippen LogP contribution in [0.3, 0.4) is 0 Å². The molecule has 0 bridgehead atoms. The van der Waals surface area contributed by atoms with Crippen LogP contribution in [0.25, 0.3) is 0 Å². The van der Waals surface area contributed by atoms with E-state index in [1.165, 1.54) is 0 Å². The summed E-state index contributed by atoms with van der Waals surface area (Å²) in [5.41, 5.74) is 5.46. The van der Waals surface area contributed by atoms with E-state index in [-0.39, 0.29) is 12.4 Å². The van der Waals surface area contributed by atoms with Gasteiger partial charge in [0.15, 0.2) is 6.29 Å². The number of hydrogen-bond acceptors (Lipinski definition) is 4. The first-order valence-corrected chi connectivity index (χ1v) is 5.43. The largest absolute Gasteiger partial charge is 0.381 e. The molecule has 2 fully saturated rings. The highest BCUT2D eigenvalue weighted by atomic mass is 16.7. The van der Waals surface area contributed by atoms with Crippen LogP contribution in [0.4, 0.5) is 0 Å². The van der Waals surface area contributed by atoms with Gasteiger partial charge in [-0.1, -0.05) is 0 Å². The predicted octanol–water partition coefficient (Wildman–Crippen LogP) is 0.503. The van der Waals surface area contributed by atoms with Crippen molar-refractivity contribution in [2.24, 2.45) is 11.7 Å². The predicted molar refractivity (Wildman–Crippen MR) is 51.8 cm³/mol. The molecule has 0 spiro atoms. The average Bonchev–Trinajstić information content (AvgIpc) is 2.79. The molecule has 3 unspecified atom stereocenters. The molecule has 4 nitrogen and oxygen atoms in total. The van der Waals surface area contributed by atoms with Gasteiger partial charge in [-0.15, -0.1) is 0 Å². The van der Waals surface area contributed by atoms with Crippen LogP contribution in [0.15, 0.2) is 0 Å². The van der Waals surface area contributed by atoms with Crippen molar-refractivity contribution in [2.75, 3.05) is 26.4 Å². The molecule has 0 radical (unpaired) electrons. The Morgan fingerprint density at radius 3 is 2.93 bits per heavy atom. The highest BCUT2D eigenvalue weighted by Crippen LogP contribution is 2.24. The summed E-state index contributed by atoms with van der Waals surface area (Å²) in [5.74, 6) is 0.622. The molecule has 3 atom stereocenters. The third-order valence-corrected chi connectivity index (χ3v) is 2.85. The first-order chi connectivity index (χ1) is 6.88. The van der Waals surface area contributed by atoms with Gasteiger partial charge in [-0.3, -0.25) is 0 Å². The lowest BCUT2D eigenvalue weighted by Gasteiger charge is -2.14. The Hall–Kier alpha value is -0.160. The number of rotatable bonds is 4. The van der Waals surface area contributed by atoms with Gasteiger partial charge in [0.1, 0.15) is 0 Å². The van der Waals surface area contributed by atoms with E-state index >= 15 is 0 Å². The van der Waals surface area contributed by atoms with Crippen molar-refractivity contribution in [1.29, 1.82) is 0 Å². The van der Waals surface area contributed by atoms with Crippen LogP contribution in [0.1, 0.15) is 19.3 Å². The molecule has 0 amide bonds. The van der Waals surface area contributed by atoms with Crippen LogP contribution in [-0.4, -0.2) is 38.8 Å². The van der Waals surface area contributed by atoms with Gasteiger partial charge in [0.25, 0.3) is 0 Å². The Morgan fingerprint density at radius 2 is 2.21 bits per heavy atom. The molecule has 14 heavy (non-hydrogen) atoms. The van der Waals surface area contributed by atoms with Gasteiger partial charge in [0.05, 0.1) is 12.7 Å². The van der Waals surface area contributed by atoms with Crippen LogP contribution in [0.2, 0.25) is 0 Å². The van der Waals surface area contributed by atoms with Crippen molar-refractivity contribution < 1.29 is 14.2 Å². The van der Waals surface area contributed by atoms with Crippen molar-refractivity contribution >= 4 is 0 Å². The minimum absolute atomic E-state index is 0.0155. The maximum Gasteiger partial charge on any atom is 0.158 e. The fourth-order valence-electron chi connectivity index (χ4n) is 2.01. The van der Waals surface area contributed by atoms with E-state index in [1.54, 1.807) is 0 Å². The molecule has 4 heteroatoms. The zero-order valence-corrected chi connectivity index (χ0v) is 8.48. The van der Waals surface area contributed by atoms with Gasteiger partial charge in [0, 0.05) is 19.6 Å². The second-order valence-corrected chi connectivity index (χ2v) is 4.06. The molecule has 0 aromatic rings. The van der Waals surface area contributed by atoms with Gasteiger partial charge in [0.2, 0.25) is 0 Å². The van der Waals surface area contributed by atoms with E-state index in [0.717, 1.165) is 32.5 Å². The molecule has 2 aliphatic rings. The Labute approximate surface area is 84.7 Å². The van der Waals surface area contributed by atoms with E-state index in [4.69, 9.17) is 19.9 Å². The number of hydrogen-bond donors (Lipinski definition) is 1. The monoisotopic (exact) mass is 201 g/mol. The Bertz CT molecular complexity index is 171. The Balaban J connectivity index is 1.67. The van der Waals surface area contributed by atoms with E-state index in [0.29, 0.717) is 19.1 Å². The van der Waals surface area contributed by atoms with E-state index in [9.17, 15) is 0 Å². The van der Waals surface area contributed by atoms with Crippen LogP contribution < -0.4 is 5.73 Å². The third-order valence-electron chi connectivity index (χ3n) is 2.85. The van der Waals surface area contributed by atoms with Crippen molar-refractivity contribution in [3.63, 3.8) is 0 Å². The minimum atomic E-state index is -0.0155. The summed E-state index contributed by atoms with van der Waals surface area (Å²) >= 11 is 0. The van der Waals surface area contributed by atoms with E-state index in [2.05, 4.69) is 0 Å². The van der Waals surface area contributed by atoms with Crippen LogP contribution in [-0.2, 0) is 14.2 Å². The van der Waals surface area contributed by atoms with Crippen LogP contribution in [0.5, 0.6) is 0 Å². The lowest BCUT2D eigenvalue weighted by Crippen LogP contribution is -2.18. The summed E-state index contributed by atoms with van der Waals surface area (Å²) in [6.45, 7) is 3.14. The molecule has 0 aromatic heterocycles. The topological polar surface area (TPSA) is 53.7 Å². The maximum atomic E-state index is 5.71. The van der Waals surface area contributed by atoms with E-state index in [1.807, 2.05) is 0 Å². The van der Waals surface area contributed by atoms with Gasteiger partial charge in [-0.25, -0.2) is 0 Å². The molecule has 2 aliphatic heterocycles. The van der Waals surface area contributed by atoms with Crippen LogP contribution in [0, 0.1) is 5.92 Å². The SMILES string of the molecule is NCCC1COC(CC2CCOC2)O1. The summed E-state index contributed by atoms with van der Waals surface area (Å²) in [7, 11) is 0. The smallest absolute Gasteiger partial charge is 0.158 e. The summed E-state index contributed by atoms with van der Waals surface area (Å²) in [6.07, 6.45) is 3.22. The molecular weight excluding hydrogens is 182 g/mol. The minimum Gasteiger partial charge on any atom is -0.381 e. The normalized spacial score (nSPS) is 37.9. The number of ether oxygens (including phenoxy) is 3. The zero-order chi connectivity index (χ0) is 9.80. The van der Waals surface area contributed by atoms with Gasteiger partial charge >= 0.3 is 0 Å². The molecule has 2 rings (SSSR count). The molecule has 0 aliphatic carbocycles. The van der Waals surface area contributed by atoms with Crippen molar-refractivity contribution in [3.8, 4) is 0 Å².